The Balaban J connectivity index is 2.02. The van der Waals surface area contributed by atoms with Crippen LogP contribution in [0.4, 0.5) is 5.82 Å². The molecule has 0 unspecified atom stereocenters. The van der Waals surface area contributed by atoms with Crippen molar-refractivity contribution in [3.05, 3.63) is 44.2 Å². The number of rotatable bonds is 5. The summed E-state index contributed by atoms with van der Waals surface area (Å²) >= 11 is 5.09. The van der Waals surface area contributed by atoms with E-state index in [1.165, 1.54) is 4.88 Å². The van der Waals surface area contributed by atoms with Crippen molar-refractivity contribution in [1.29, 1.82) is 0 Å². The third-order valence-electron chi connectivity index (χ3n) is 2.56. The van der Waals surface area contributed by atoms with Gasteiger partial charge in [0.25, 0.3) is 0 Å². The molecule has 2 aromatic rings. The van der Waals surface area contributed by atoms with E-state index in [-0.39, 0.29) is 5.56 Å². The van der Waals surface area contributed by atoms with Crippen molar-refractivity contribution in [1.82, 2.24) is 4.98 Å². The molecule has 2 aromatic heterocycles. The number of nitrogens with zero attached hydrogens (tertiary/aromatic N) is 1. The molecule has 0 aliphatic carbocycles. The Bertz CT molecular complexity index is 598. The summed E-state index contributed by atoms with van der Waals surface area (Å²) in [6, 6.07) is 7.34. The SMILES string of the molecule is Cc1ccc(C(=O)O)c(NCCc2ccc(Br)s2)n1. The molecule has 6 heteroatoms. The van der Waals surface area contributed by atoms with Crippen LogP contribution in [-0.2, 0) is 6.42 Å². The first-order valence-corrected chi connectivity index (χ1v) is 7.36. The van der Waals surface area contributed by atoms with E-state index < -0.39 is 5.97 Å². The number of aromatic nitrogens is 1. The standard InChI is InChI=1S/C13H13BrN2O2S/c1-8-2-4-10(13(17)18)12(16-8)15-7-6-9-3-5-11(14)19-9/h2-5H,6-7H2,1H3,(H,15,16)(H,17,18). The van der Waals surface area contributed by atoms with Crippen LogP contribution in [0.2, 0.25) is 0 Å². The number of anilines is 1. The minimum Gasteiger partial charge on any atom is -0.478 e. The highest BCUT2D eigenvalue weighted by atomic mass is 79.9. The van der Waals surface area contributed by atoms with E-state index in [1.807, 2.05) is 13.0 Å². The maximum absolute atomic E-state index is 11.1. The number of carbonyl (C=O) groups is 1. The summed E-state index contributed by atoms with van der Waals surface area (Å²) in [6.45, 7) is 2.50. The Morgan fingerprint density at radius 3 is 2.84 bits per heavy atom. The minimum absolute atomic E-state index is 0.206. The number of nitrogens with one attached hydrogen (secondary N) is 1. The van der Waals surface area contributed by atoms with Crippen LogP contribution in [0.15, 0.2) is 28.1 Å². The van der Waals surface area contributed by atoms with Crippen LogP contribution in [0, 0.1) is 6.92 Å². The third-order valence-corrected chi connectivity index (χ3v) is 4.24. The highest BCUT2D eigenvalue weighted by molar-refractivity contribution is 9.11. The molecule has 0 aliphatic heterocycles. The summed E-state index contributed by atoms with van der Waals surface area (Å²) in [5.41, 5.74) is 1.00. The fourth-order valence-corrected chi connectivity index (χ4v) is 3.14. The zero-order valence-electron chi connectivity index (χ0n) is 10.3. The van der Waals surface area contributed by atoms with Gasteiger partial charge >= 0.3 is 5.97 Å². The molecule has 100 valence electrons. The summed E-state index contributed by atoms with van der Waals surface area (Å²) in [7, 11) is 0. The van der Waals surface area contributed by atoms with E-state index in [4.69, 9.17) is 5.11 Å². The smallest absolute Gasteiger partial charge is 0.339 e. The number of halogens is 1. The van der Waals surface area contributed by atoms with Crippen LogP contribution in [0.25, 0.3) is 0 Å². The fraction of sp³-hybridized carbons (Fsp3) is 0.231. The molecule has 0 bridgehead atoms. The number of pyridine rings is 1. The summed E-state index contributed by atoms with van der Waals surface area (Å²) in [6.07, 6.45) is 0.838. The third kappa shape index (κ3) is 3.78. The molecular weight excluding hydrogens is 328 g/mol. The monoisotopic (exact) mass is 340 g/mol. The topological polar surface area (TPSA) is 62.2 Å². The molecule has 0 aromatic carbocycles. The van der Waals surface area contributed by atoms with Crippen molar-refractivity contribution >= 4 is 39.1 Å². The molecular formula is C13H13BrN2O2S. The lowest BCUT2D eigenvalue weighted by Gasteiger charge is -2.08. The predicted octanol–water partition coefficient (Wildman–Crippen LogP) is 3.57. The van der Waals surface area contributed by atoms with E-state index >= 15 is 0 Å². The number of aromatic carboxylic acids is 1. The van der Waals surface area contributed by atoms with Crippen molar-refractivity contribution in [2.75, 3.05) is 11.9 Å². The van der Waals surface area contributed by atoms with Crippen molar-refractivity contribution in [3.63, 3.8) is 0 Å². The maximum Gasteiger partial charge on any atom is 0.339 e. The second kappa shape index (κ2) is 6.16. The predicted molar refractivity (Wildman–Crippen MR) is 80.1 cm³/mol. The van der Waals surface area contributed by atoms with Gasteiger partial charge in [-0.25, -0.2) is 9.78 Å². The Morgan fingerprint density at radius 1 is 1.42 bits per heavy atom. The Labute approximate surface area is 123 Å². The van der Waals surface area contributed by atoms with E-state index in [0.29, 0.717) is 12.4 Å². The van der Waals surface area contributed by atoms with Gasteiger partial charge in [-0.1, -0.05) is 0 Å². The number of aryl methyl sites for hydroxylation is 1. The van der Waals surface area contributed by atoms with Gasteiger partial charge in [0.1, 0.15) is 11.4 Å². The van der Waals surface area contributed by atoms with Crippen LogP contribution in [0.1, 0.15) is 20.9 Å². The van der Waals surface area contributed by atoms with Crippen molar-refractivity contribution in [3.8, 4) is 0 Å². The minimum atomic E-state index is -0.964. The molecule has 0 aliphatic rings. The Kier molecular flexibility index (Phi) is 4.55. The maximum atomic E-state index is 11.1. The van der Waals surface area contributed by atoms with Crippen LogP contribution in [0.3, 0.4) is 0 Å². The lowest BCUT2D eigenvalue weighted by Crippen LogP contribution is -2.11. The lowest BCUT2D eigenvalue weighted by atomic mass is 10.2. The van der Waals surface area contributed by atoms with Gasteiger partial charge in [-0.15, -0.1) is 11.3 Å². The molecule has 0 fully saturated rings. The van der Waals surface area contributed by atoms with Crippen molar-refractivity contribution in [2.45, 2.75) is 13.3 Å². The fourth-order valence-electron chi connectivity index (χ4n) is 1.65. The lowest BCUT2D eigenvalue weighted by molar-refractivity contribution is 0.0697. The number of hydrogen-bond acceptors (Lipinski definition) is 4. The van der Waals surface area contributed by atoms with Gasteiger partial charge < -0.3 is 10.4 Å². The normalized spacial score (nSPS) is 10.4. The molecule has 4 nitrogen and oxygen atoms in total. The first-order valence-electron chi connectivity index (χ1n) is 5.75. The zero-order chi connectivity index (χ0) is 13.8. The van der Waals surface area contributed by atoms with Gasteiger partial charge in [0.2, 0.25) is 0 Å². The van der Waals surface area contributed by atoms with Gasteiger partial charge in [-0.05, 0) is 53.5 Å². The van der Waals surface area contributed by atoms with Crippen LogP contribution >= 0.6 is 27.3 Å². The van der Waals surface area contributed by atoms with Crippen molar-refractivity contribution in [2.24, 2.45) is 0 Å². The molecule has 0 saturated heterocycles. The second-order valence-corrected chi connectivity index (χ2v) is 6.58. The van der Waals surface area contributed by atoms with Crippen LogP contribution < -0.4 is 5.32 Å². The van der Waals surface area contributed by atoms with Crippen LogP contribution in [-0.4, -0.2) is 22.6 Å². The first-order chi connectivity index (χ1) is 9.06. The Hall–Kier alpha value is -1.40. The van der Waals surface area contributed by atoms with Gasteiger partial charge in [0.15, 0.2) is 0 Å². The molecule has 0 spiro atoms. The number of hydrogen-bond donors (Lipinski definition) is 2. The largest absolute Gasteiger partial charge is 0.478 e. The molecule has 2 heterocycles. The summed E-state index contributed by atoms with van der Waals surface area (Å²) in [4.78, 5) is 16.6. The van der Waals surface area contributed by atoms with Gasteiger partial charge in [0, 0.05) is 17.1 Å². The quantitative estimate of drug-likeness (QED) is 0.873. The van der Waals surface area contributed by atoms with Crippen LogP contribution in [0.5, 0.6) is 0 Å². The second-order valence-electron chi connectivity index (χ2n) is 4.04. The average molecular weight is 341 g/mol. The number of thiophene rings is 1. The molecule has 19 heavy (non-hydrogen) atoms. The molecule has 2 rings (SSSR count). The molecule has 0 radical (unpaired) electrons. The zero-order valence-corrected chi connectivity index (χ0v) is 12.7. The van der Waals surface area contributed by atoms with E-state index in [0.717, 1.165) is 15.9 Å². The summed E-state index contributed by atoms with van der Waals surface area (Å²) in [5, 5.41) is 12.2. The first kappa shape index (κ1) is 14.0. The number of carboxylic acid groups (broad SMARTS) is 1. The molecule has 2 N–H and O–H groups in total. The van der Waals surface area contributed by atoms with E-state index in [9.17, 15) is 4.79 Å². The van der Waals surface area contributed by atoms with Crippen molar-refractivity contribution < 1.29 is 9.90 Å². The highest BCUT2D eigenvalue weighted by Crippen LogP contribution is 2.22. The van der Waals surface area contributed by atoms with E-state index in [1.54, 1.807) is 23.5 Å². The molecule has 0 atom stereocenters. The number of carboxylic acids is 1. The van der Waals surface area contributed by atoms with Gasteiger partial charge in [-0.2, -0.15) is 0 Å². The summed E-state index contributed by atoms with van der Waals surface area (Å²) in [5.74, 6) is -0.531. The van der Waals surface area contributed by atoms with Gasteiger partial charge in [-0.3, -0.25) is 0 Å². The summed E-state index contributed by atoms with van der Waals surface area (Å²) < 4.78 is 1.10. The molecule has 0 saturated carbocycles. The average Bonchev–Trinajstić information content (AvgIpc) is 2.75. The Morgan fingerprint density at radius 2 is 2.21 bits per heavy atom. The molecule has 0 amide bonds. The van der Waals surface area contributed by atoms with E-state index in [2.05, 4.69) is 32.3 Å². The highest BCUT2D eigenvalue weighted by Gasteiger charge is 2.11. The van der Waals surface area contributed by atoms with Gasteiger partial charge in [0.05, 0.1) is 3.79 Å².